The maximum atomic E-state index is 11.9. The van der Waals surface area contributed by atoms with Gasteiger partial charge in [0.05, 0.1) is 26.2 Å². The minimum absolute atomic E-state index is 0.200. The Balaban J connectivity index is 1.60. The van der Waals surface area contributed by atoms with E-state index in [4.69, 9.17) is 14.5 Å². The molecule has 7 heteroatoms. The Kier molecular flexibility index (Phi) is 7.62. The van der Waals surface area contributed by atoms with E-state index in [0.29, 0.717) is 19.4 Å². The summed E-state index contributed by atoms with van der Waals surface area (Å²) in [6.45, 7) is 7.68. The molecule has 2 aromatic rings. The summed E-state index contributed by atoms with van der Waals surface area (Å²) in [4.78, 5) is 19.1. The van der Waals surface area contributed by atoms with E-state index in [1.807, 2.05) is 19.2 Å². The van der Waals surface area contributed by atoms with Gasteiger partial charge in [0, 0.05) is 54.0 Å². The molecule has 0 aliphatic carbocycles. The summed E-state index contributed by atoms with van der Waals surface area (Å²) < 4.78 is 10.5. The monoisotopic (exact) mass is 448 g/mol. The zero-order valence-corrected chi connectivity index (χ0v) is 19.4. The van der Waals surface area contributed by atoms with E-state index in [-0.39, 0.29) is 5.97 Å². The predicted molar refractivity (Wildman–Crippen MR) is 132 cm³/mol. The highest BCUT2D eigenvalue weighted by Crippen LogP contribution is 2.32. The highest BCUT2D eigenvalue weighted by Gasteiger charge is 2.19. The van der Waals surface area contributed by atoms with Gasteiger partial charge in [-0.3, -0.25) is 4.79 Å². The first kappa shape index (κ1) is 22.9. The van der Waals surface area contributed by atoms with Crippen LogP contribution in [0.3, 0.4) is 0 Å². The van der Waals surface area contributed by atoms with Gasteiger partial charge in [-0.05, 0) is 55.3 Å². The average Bonchev–Trinajstić information content (AvgIpc) is 2.84. The molecule has 0 bridgehead atoms. The van der Waals surface area contributed by atoms with E-state index in [1.54, 1.807) is 0 Å². The van der Waals surface area contributed by atoms with E-state index < -0.39 is 0 Å². The molecule has 4 rings (SSSR count). The van der Waals surface area contributed by atoms with Crippen molar-refractivity contribution in [2.45, 2.75) is 33.1 Å². The highest BCUT2D eigenvalue weighted by molar-refractivity contribution is 5.85. The van der Waals surface area contributed by atoms with Gasteiger partial charge in [-0.2, -0.15) is 0 Å². The third kappa shape index (κ3) is 5.73. The number of aromatic nitrogens is 1. The first-order chi connectivity index (χ1) is 16.2. The number of aryl methyl sites for hydroxylation is 1. The largest absolute Gasteiger partial charge is 0.466 e. The maximum Gasteiger partial charge on any atom is 0.306 e. The Bertz CT molecular complexity index is 1020. The van der Waals surface area contributed by atoms with Crippen molar-refractivity contribution < 1.29 is 14.3 Å². The first-order valence-corrected chi connectivity index (χ1v) is 11.7. The van der Waals surface area contributed by atoms with Gasteiger partial charge in [0.25, 0.3) is 0 Å². The van der Waals surface area contributed by atoms with Crippen LogP contribution in [-0.4, -0.2) is 43.9 Å². The molecule has 0 atom stereocenters. The lowest BCUT2D eigenvalue weighted by molar-refractivity contribution is -0.143. The number of hydrogen-bond donors (Lipinski definition) is 2. The number of benzene rings is 1. The van der Waals surface area contributed by atoms with Crippen LogP contribution in [-0.2, 0) is 20.7 Å². The Hall–Kier alpha value is -3.32. The Morgan fingerprint density at radius 1 is 1.24 bits per heavy atom. The van der Waals surface area contributed by atoms with E-state index in [2.05, 4.69) is 58.9 Å². The molecular formula is C26H32N4O3. The number of ether oxygens (including phenoxy) is 2. The number of fused-ring (bicyclic) bond motifs is 1. The molecule has 1 aromatic heterocycles. The van der Waals surface area contributed by atoms with Gasteiger partial charge in [0.1, 0.15) is 5.82 Å². The number of pyridine rings is 1. The fraction of sp³-hybridized carbons (Fsp3) is 0.385. The Labute approximate surface area is 195 Å². The summed E-state index contributed by atoms with van der Waals surface area (Å²) in [7, 11) is 0. The molecular weight excluding hydrogens is 416 g/mol. The molecule has 7 nitrogen and oxygen atoms in total. The van der Waals surface area contributed by atoms with Crippen LogP contribution in [0.5, 0.6) is 0 Å². The van der Waals surface area contributed by atoms with Crippen LogP contribution >= 0.6 is 0 Å². The van der Waals surface area contributed by atoms with Gasteiger partial charge in [-0.1, -0.05) is 13.0 Å². The summed E-state index contributed by atoms with van der Waals surface area (Å²) in [6.07, 6.45) is 7.91. The van der Waals surface area contributed by atoms with Crippen LogP contribution in [0.4, 0.5) is 17.2 Å². The minimum Gasteiger partial charge on any atom is -0.466 e. The zero-order valence-electron chi connectivity index (χ0n) is 19.4. The summed E-state index contributed by atoms with van der Waals surface area (Å²) >= 11 is 0. The molecule has 0 amide bonds. The van der Waals surface area contributed by atoms with Crippen LogP contribution in [0.25, 0.3) is 11.8 Å². The molecule has 2 aliphatic rings. The van der Waals surface area contributed by atoms with E-state index >= 15 is 0 Å². The molecule has 2 N–H and O–H groups in total. The fourth-order valence-corrected chi connectivity index (χ4v) is 4.09. The van der Waals surface area contributed by atoms with Crippen molar-refractivity contribution in [3.8, 4) is 0 Å². The number of esters is 1. The van der Waals surface area contributed by atoms with Crippen LogP contribution in [0.15, 0.2) is 42.6 Å². The predicted octanol–water partition coefficient (Wildman–Crippen LogP) is 4.48. The van der Waals surface area contributed by atoms with Crippen molar-refractivity contribution in [1.29, 1.82) is 0 Å². The zero-order chi connectivity index (χ0) is 23.0. The van der Waals surface area contributed by atoms with Crippen molar-refractivity contribution in [3.63, 3.8) is 0 Å². The van der Waals surface area contributed by atoms with Crippen LogP contribution in [0.2, 0.25) is 0 Å². The smallest absolute Gasteiger partial charge is 0.306 e. The van der Waals surface area contributed by atoms with E-state index in [0.717, 1.165) is 66.7 Å². The van der Waals surface area contributed by atoms with Gasteiger partial charge in [-0.25, -0.2) is 4.98 Å². The number of allylic oxidation sites excluding steroid dienone is 1. The van der Waals surface area contributed by atoms with Gasteiger partial charge in [0.15, 0.2) is 0 Å². The van der Waals surface area contributed by atoms with Crippen molar-refractivity contribution in [2.24, 2.45) is 0 Å². The number of carbonyl (C=O) groups excluding carboxylic acids is 1. The molecule has 1 aromatic carbocycles. The molecule has 0 spiro atoms. The molecule has 174 valence electrons. The SMILES string of the molecule is CC/C=C1\NC=Cc2cc(CCC(=O)OCC)nc(Nc3ccc(N4CCOCC4)cc3)c21. The topological polar surface area (TPSA) is 75.7 Å². The Morgan fingerprint density at radius 3 is 2.76 bits per heavy atom. The quantitative estimate of drug-likeness (QED) is 0.577. The van der Waals surface area contributed by atoms with Crippen LogP contribution in [0.1, 0.15) is 43.5 Å². The molecule has 0 saturated carbocycles. The normalized spacial score (nSPS) is 16.3. The second-order valence-electron chi connectivity index (χ2n) is 8.01. The first-order valence-electron chi connectivity index (χ1n) is 11.7. The van der Waals surface area contributed by atoms with E-state index in [9.17, 15) is 4.79 Å². The highest BCUT2D eigenvalue weighted by atomic mass is 16.5. The number of hydrogen-bond acceptors (Lipinski definition) is 7. The third-order valence-corrected chi connectivity index (χ3v) is 5.68. The summed E-state index contributed by atoms with van der Waals surface area (Å²) in [5.74, 6) is 0.580. The standard InChI is InChI=1S/C26H32N4O3/c1-3-5-23-25-19(12-13-27-23)18-21(8-11-24(31)33-4-2)29-26(25)28-20-6-9-22(10-7-20)30-14-16-32-17-15-30/h5-7,9-10,12-13,18,27H,3-4,8,11,14-17H2,1-2H3,(H,28,29)/b23-5-. The van der Waals surface area contributed by atoms with Gasteiger partial charge in [0.2, 0.25) is 0 Å². The summed E-state index contributed by atoms with van der Waals surface area (Å²) in [5, 5.41) is 6.87. The molecule has 0 unspecified atom stereocenters. The molecule has 3 heterocycles. The minimum atomic E-state index is -0.200. The van der Waals surface area contributed by atoms with Crippen LogP contribution in [0, 0.1) is 0 Å². The number of carbonyl (C=O) groups is 1. The fourth-order valence-electron chi connectivity index (χ4n) is 4.09. The van der Waals surface area contributed by atoms with Gasteiger partial charge in [-0.15, -0.1) is 0 Å². The molecule has 0 radical (unpaired) electrons. The number of nitrogens with zero attached hydrogens (tertiary/aromatic N) is 2. The average molecular weight is 449 g/mol. The van der Waals surface area contributed by atoms with Gasteiger partial charge >= 0.3 is 5.97 Å². The number of morpholine rings is 1. The van der Waals surface area contributed by atoms with Crippen molar-refractivity contribution in [3.05, 3.63) is 59.4 Å². The van der Waals surface area contributed by atoms with Crippen molar-refractivity contribution in [2.75, 3.05) is 43.1 Å². The van der Waals surface area contributed by atoms with Crippen molar-refractivity contribution in [1.82, 2.24) is 10.3 Å². The van der Waals surface area contributed by atoms with E-state index in [1.165, 1.54) is 5.69 Å². The second kappa shape index (κ2) is 11.0. The van der Waals surface area contributed by atoms with Gasteiger partial charge < -0.3 is 25.0 Å². The lowest BCUT2D eigenvalue weighted by Gasteiger charge is -2.29. The summed E-state index contributed by atoms with van der Waals surface area (Å²) in [6, 6.07) is 10.5. The second-order valence-corrected chi connectivity index (χ2v) is 8.01. The van der Waals surface area contributed by atoms with Crippen LogP contribution < -0.4 is 15.5 Å². The molecule has 1 saturated heterocycles. The molecule has 2 aliphatic heterocycles. The number of nitrogens with one attached hydrogen (secondary N) is 2. The molecule has 1 fully saturated rings. The summed E-state index contributed by atoms with van der Waals surface area (Å²) in [5.41, 5.74) is 6.17. The number of anilines is 3. The lowest BCUT2D eigenvalue weighted by atomic mass is 9.99. The number of rotatable bonds is 8. The lowest BCUT2D eigenvalue weighted by Crippen LogP contribution is -2.36. The Morgan fingerprint density at radius 2 is 2.03 bits per heavy atom. The molecule has 33 heavy (non-hydrogen) atoms. The third-order valence-electron chi connectivity index (χ3n) is 5.68. The van der Waals surface area contributed by atoms with Crippen molar-refractivity contribution >= 4 is 34.9 Å². The maximum absolute atomic E-state index is 11.9.